The van der Waals surface area contributed by atoms with Crippen LogP contribution >= 0.6 is 11.3 Å². The summed E-state index contributed by atoms with van der Waals surface area (Å²) in [6, 6.07) is 15.7. The number of carbonyl (C=O) groups excluding carboxylic acids is 1. The Morgan fingerprint density at radius 2 is 1.85 bits per heavy atom. The second-order valence-electron chi connectivity index (χ2n) is 5.99. The molecule has 136 valence electrons. The van der Waals surface area contributed by atoms with Gasteiger partial charge in [-0.2, -0.15) is 0 Å². The van der Waals surface area contributed by atoms with E-state index in [9.17, 15) is 13.2 Å². The summed E-state index contributed by atoms with van der Waals surface area (Å²) in [5.41, 5.74) is 1.46. The third-order valence-electron chi connectivity index (χ3n) is 4.07. The monoisotopic (exact) mass is 397 g/mol. The molecule has 6 nitrogen and oxygen atoms in total. The summed E-state index contributed by atoms with van der Waals surface area (Å²) in [4.78, 5) is 17.7. The first-order chi connectivity index (χ1) is 12.9. The molecule has 0 radical (unpaired) electrons. The molecule has 8 heteroatoms. The molecule has 1 aromatic carbocycles. The van der Waals surface area contributed by atoms with Gasteiger partial charge in [0, 0.05) is 23.5 Å². The molecule has 0 aliphatic carbocycles. The molecule has 3 aromatic heterocycles. The van der Waals surface area contributed by atoms with Crippen molar-refractivity contribution in [1.82, 2.24) is 9.55 Å². The van der Waals surface area contributed by atoms with Crippen molar-refractivity contribution in [3.63, 3.8) is 0 Å². The summed E-state index contributed by atoms with van der Waals surface area (Å²) >= 11 is 1.36. The minimum absolute atomic E-state index is 0.201. The van der Waals surface area contributed by atoms with E-state index in [1.165, 1.54) is 17.6 Å². The molecule has 0 fully saturated rings. The lowest BCUT2D eigenvalue weighted by Crippen LogP contribution is -2.11. The average Bonchev–Trinajstić information content (AvgIpc) is 3.31. The Kier molecular flexibility index (Phi) is 4.29. The molecule has 0 aliphatic rings. The molecule has 1 amide bonds. The van der Waals surface area contributed by atoms with Gasteiger partial charge in [0.15, 0.2) is 9.84 Å². The third-order valence-corrected chi connectivity index (χ3v) is 6.06. The lowest BCUT2D eigenvalue weighted by atomic mass is 10.3. The van der Waals surface area contributed by atoms with Gasteiger partial charge in [0.25, 0.3) is 5.91 Å². The van der Waals surface area contributed by atoms with Gasteiger partial charge in [-0.1, -0.05) is 6.07 Å². The number of anilines is 1. The van der Waals surface area contributed by atoms with Crippen LogP contribution in [-0.2, 0) is 9.84 Å². The fourth-order valence-electron chi connectivity index (χ4n) is 2.73. The van der Waals surface area contributed by atoms with Gasteiger partial charge in [-0.3, -0.25) is 4.79 Å². The number of aromatic nitrogens is 2. The molecule has 0 saturated carbocycles. The molecule has 0 unspecified atom stereocenters. The van der Waals surface area contributed by atoms with Gasteiger partial charge >= 0.3 is 0 Å². The van der Waals surface area contributed by atoms with Crippen molar-refractivity contribution in [2.24, 2.45) is 0 Å². The molecule has 1 N–H and O–H groups in total. The van der Waals surface area contributed by atoms with Gasteiger partial charge in [0.2, 0.25) is 0 Å². The number of nitrogens with one attached hydrogen (secondary N) is 1. The van der Waals surface area contributed by atoms with Crippen molar-refractivity contribution in [2.75, 3.05) is 11.6 Å². The maximum atomic E-state index is 12.2. The topological polar surface area (TPSA) is 81.1 Å². The Morgan fingerprint density at radius 1 is 1.07 bits per heavy atom. The molecule has 0 atom stereocenters. The van der Waals surface area contributed by atoms with Crippen molar-refractivity contribution in [1.29, 1.82) is 0 Å². The van der Waals surface area contributed by atoms with Crippen molar-refractivity contribution >= 4 is 43.9 Å². The fraction of sp³-hybridized carbons (Fsp3) is 0.0526. The van der Waals surface area contributed by atoms with Gasteiger partial charge in [0.1, 0.15) is 11.5 Å². The quantitative estimate of drug-likeness (QED) is 0.569. The number of rotatable bonds is 4. The minimum Gasteiger partial charge on any atom is -0.306 e. The molecule has 27 heavy (non-hydrogen) atoms. The Hall–Kier alpha value is -2.97. The minimum atomic E-state index is -3.24. The van der Waals surface area contributed by atoms with E-state index in [-0.39, 0.29) is 10.8 Å². The van der Waals surface area contributed by atoms with Crippen LogP contribution in [0.4, 0.5) is 5.82 Å². The summed E-state index contributed by atoms with van der Waals surface area (Å²) in [7, 11) is -3.24. The van der Waals surface area contributed by atoms with Crippen LogP contribution in [0.3, 0.4) is 0 Å². The SMILES string of the molecule is CS(=O)(=O)c1ccc(-n2ccc3ccc(NC(=O)c4cccs4)nc32)cc1. The Morgan fingerprint density at radius 3 is 2.52 bits per heavy atom. The van der Waals surface area contributed by atoms with E-state index in [0.29, 0.717) is 16.3 Å². The van der Waals surface area contributed by atoms with E-state index in [0.717, 1.165) is 11.1 Å². The van der Waals surface area contributed by atoms with Crippen molar-refractivity contribution < 1.29 is 13.2 Å². The number of nitrogens with zero attached hydrogens (tertiary/aromatic N) is 2. The summed E-state index contributed by atoms with van der Waals surface area (Å²) < 4.78 is 25.1. The summed E-state index contributed by atoms with van der Waals surface area (Å²) in [5, 5.41) is 5.56. The van der Waals surface area contributed by atoms with E-state index in [1.807, 2.05) is 34.3 Å². The molecule has 4 aromatic rings. The van der Waals surface area contributed by atoms with Gasteiger partial charge in [-0.05, 0) is 53.9 Å². The highest BCUT2D eigenvalue weighted by Gasteiger charge is 2.11. The van der Waals surface area contributed by atoms with E-state index in [4.69, 9.17) is 0 Å². The lowest BCUT2D eigenvalue weighted by molar-refractivity contribution is 0.103. The van der Waals surface area contributed by atoms with E-state index in [2.05, 4.69) is 10.3 Å². The first kappa shape index (κ1) is 17.4. The van der Waals surface area contributed by atoms with Crippen LogP contribution in [0.15, 0.2) is 71.1 Å². The van der Waals surface area contributed by atoms with Crippen molar-refractivity contribution in [3.8, 4) is 5.69 Å². The second-order valence-corrected chi connectivity index (χ2v) is 8.96. The Labute approximate surface area is 160 Å². The zero-order chi connectivity index (χ0) is 19.0. The standard InChI is InChI=1S/C19H15N3O3S2/c1-27(24,25)15-7-5-14(6-8-15)22-11-10-13-4-9-17(20-18(13)22)21-19(23)16-3-2-12-26-16/h2-12H,1H3,(H,20,21,23). The summed E-state index contributed by atoms with van der Waals surface area (Å²) in [6.45, 7) is 0. The molecule has 0 bridgehead atoms. The van der Waals surface area contributed by atoms with Gasteiger partial charge in [0.05, 0.1) is 9.77 Å². The first-order valence-corrected chi connectivity index (χ1v) is 10.8. The lowest BCUT2D eigenvalue weighted by Gasteiger charge is -2.08. The van der Waals surface area contributed by atoms with Crippen molar-refractivity contribution in [2.45, 2.75) is 4.90 Å². The number of amides is 1. The van der Waals surface area contributed by atoms with E-state index < -0.39 is 9.84 Å². The first-order valence-electron chi connectivity index (χ1n) is 8.05. The normalized spacial score (nSPS) is 11.6. The zero-order valence-corrected chi connectivity index (χ0v) is 15.9. The predicted octanol–water partition coefficient (Wildman–Crippen LogP) is 3.74. The highest BCUT2D eigenvalue weighted by atomic mass is 32.2. The van der Waals surface area contributed by atoms with Crippen LogP contribution < -0.4 is 5.32 Å². The van der Waals surface area contributed by atoms with E-state index >= 15 is 0 Å². The van der Waals surface area contributed by atoms with Crippen LogP contribution in [0.5, 0.6) is 0 Å². The number of thiophene rings is 1. The Balaban J connectivity index is 1.69. The second kappa shape index (κ2) is 6.64. The third kappa shape index (κ3) is 3.49. The largest absolute Gasteiger partial charge is 0.306 e. The molecule has 3 heterocycles. The zero-order valence-electron chi connectivity index (χ0n) is 14.3. The molecule has 0 spiro atoms. The highest BCUT2D eigenvalue weighted by molar-refractivity contribution is 7.90. The number of pyridine rings is 1. The summed E-state index contributed by atoms with van der Waals surface area (Å²) in [5.74, 6) is 0.251. The van der Waals surface area contributed by atoms with Gasteiger partial charge < -0.3 is 9.88 Å². The highest BCUT2D eigenvalue weighted by Crippen LogP contribution is 2.22. The average molecular weight is 397 g/mol. The molecular weight excluding hydrogens is 382 g/mol. The van der Waals surface area contributed by atoms with Crippen LogP contribution in [-0.4, -0.2) is 30.1 Å². The Bertz CT molecular complexity index is 1230. The van der Waals surface area contributed by atoms with Crippen molar-refractivity contribution in [3.05, 3.63) is 71.1 Å². The smallest absolute Gasteiger partial charge is 0.266 e. The number of benzene rings is 1. The van der Waals surface area contributed by atoms with Crippen LogP contribution in [0, 0.1) is 0 Å². The van der Waals surface area contributed by atoms with Gasteiger partial charge in [-0.25, -0.2) is 13.4 Å². The number of hydrogen-bond acceptors (Lipinski definition) is 5. The van der Waals surface area contributed by atoms with Crippen LogP contribution in [0.2, 0.25) is 0 Å². The number of hydrogen-bond donors (Lipinski definition) is 1. The molecule has 0 aliphatic heterocycles. The molecule has 0 saturated heterocycles. The summed E-state index contributed by atoms with van der Waals surface area (Å²) in [6.07, 6.45) is 3.04. The maximum Gasteiger partial charge on any atom is 0.266 e. The van der Waals surface area contributed by atoms with Crippen LogP contribution in [0.1, 0.15) is 9.67 Å². The number of fused-ring (bicyclic) bond motifs is 1. The van der Waals surface area contributed by atoms with Crippen LogP contribution in [0.25, 0.3) is 16.7 Å². The van der Waals surface area contributed by atoms with E-state index in [1.54, 1.807) is 36.4 Å². The number of carbonyl (C=O) groups is 1. The molecular formula is C19H15N3O3S2. The number of sulfone groups is 1. The van der Waals surface area contributed by atoms with Gasteiger partial charge in [-0.15, -0.1) is 11.3 Å². The maximum absolute atomic E-state index is 12.2. The predicted molar refractivity (Wildman–Crippen MR) is 106 cm³/mol. The molecule has 4 rings (SSSR count). The fourth-order valence-corrected chi connectivity index (χ4v) is 3.97.